The van der Waals surface area contributed by atoms with Gasteiger partial charge in [-0.05, 0) is 103 Å². The molecule has 26 heteroatoms. The van der Waals surface area contributed by atoms with Crippen LogP contribution >= 0.6 is 0 Å². The van der Waals surface area contributed by atoms with Gasteiger partial charge < -0.3 is 86.9 Å². The monoisotopic (exact) mass is 1030 g/mol. The van der Waals surface area contributed by atoms with E-state index in [9.17, 15) is 53.1 Å². The maximum absolute atomic E-state index is 14.2. The van der Waals surface area contributed by atoms with Crippen molar-refractivity contribution in [2.75, 3.05) is 45.8 Å². The van der Waals surface area contributed by atoms with E-state index in [1.54, 1.807) is 51.1 Å². The van der Waals surface area contributed by atoms with E-state index in [1.807, 2.05) is 0 Å². The Kier molecular flexibility index (Phi) is 28.7. The number of hydrogen-bond acceptors (Lipinski definition) is 16. The second-order valence-corrected chi connectivity index (χ2v) is 18.4. The number of amides is 10. The van der Waals surface area contributed by atoms with Crippen molar-refractivity contribution in [1.82, 2.24) is 53.2 Å². The molecule has 0 spiro atoms. The molecule has 1 fully saturated rings. The molecular formula is C47H81N15O11. The van der Waals surface area contributed by atoms with E-state index in [0.717, 1.165) is 0 Å². The van der Waals surface area contributed by atoms with Crippen LogP contribution in [0.25, 0.3) is 0 Å². The second kappa shape index (κ2) is 33.4. The Morgan fingerprint density at radius 2 is 0.986 bits per heavy atom. The predicted octanol–water partition coefficient (Wildman–Crippen LogP) is -6.06. The first-order valence-corrected chi connectivity index (χ1v) is 24.9. The number of likely N-dealkylation sites (N-methyl/N-ethyl adjacent to an activating group) is 1. The summed E-state index contributed by atoms with van der Waals surface area (Å²) in [5.74, 6) is -7.71. The number of rotatable bonds is 33. The van der Waals surface area contributed by atoms with Crippen LogP contribution in [0, 0.1) is 11.8 Å². The van der Waals surface area contributed by atoms with Crippen molar-refractivity contribution in [3.8, 4) is 0 Å². The molecule has 410 valence electrons. The number of nitrogens with one attached hydrogen (secondary N) is 10. The molecule has 1 aliphatic rings. The van der Waals surface area contributed by atoms with E-state index in [0.29, 0.717) is 24.8 Å². The Balaban J connectivity index is 2.22. The fourth-order valence-corrected chi connectivity index (χ4v) is 7.88. The van der Waals surface area contributed by atoms with Gasteiger partial charge in [0, 0.05) is 24.9 Å². The van der Waals surface area contributed by atoms with Crippen molar-refractivity contribution in [3.05, 3.63) is 35.9 Å². The maximum Gasteiger partial charge on any atom is 0.245 e. The first-order valence-electron chi connectivity index (χ1n) is 24.9. The van der Waals surface area contributed by atoms with E-state index in [1.165, 1.54) is 6.92 Å². The van der Waals surface area contributed by atoms with Crippen molar-refractivity contribution < 1.29 is 53.1 Å². The van der Waals surface area contributed by atoms with Crippen molar-refractivity contribution in [2.24, 2.45) is 40.5 Å². The van der Waals surface area contributed by atoms with Crippen molar-refractivity contribution in [3.63, 3.8) is 0 Å². The fraction of sp³-hybridized carbons (Fsp3) is 0.660. The number of hydrogen-bond donors (Lipinski definition) is 16. The third-order valence-corrected chi connectivity index (χ3v) is 11.8. The largest absolute Gasteiger partial charge is 0.391 e. The zero-order chi connectivity index (χ0) is 54.6. The summed E-state index contributed by atoms with van der Waals surface area (Å²) in [6.45, 7) is 5.53. The molecule has 10 atom stereocenters. The summed E-state index contributed by atoms with van der Waals surface area (Å²) >= 11 is 0. The third-order valence-electron chi connectivity index (χ3n) is 11.8. The number of carbonyl (C=O) groups is 10. The minimum atomic E-state index is -1.34. The summed E-state index contributed by atoms with van der Waals surface area (Å²) < 4.78 is 0. The lowest BCUT2D eigenvalue weighted by atomic mass is 10.00. The van der Waals surface area contributed by atoms with Gasteiger partial charge in [0.15, 0.2) is 0 Å². The average Bonchev–Trinajstić information content (AvgIpc) is 3.79. The van der Waals surface area contributed by atoms with E-state index >= 15 is 0 Å². The van der Waals surface area contributed by atoms with Gasteiger partial charge in [0.1, 0.15) is 42.3 Å². The number of nitrogens with two attached hydrogens (primary N) is 5. The first kappa shape index (κ1) is 62.8. The normalized spacial score (nSPS) is 17.4. The summed E-state index contributed by atoms with van der Waals surface area (Å²) in [5, 5.41) is 35.7. The molecule has 1 aliphatic carbocycles. The van der Waals surface area contributed by atoms with Gasteiger partial charge >= 0.3 is 0 Å². The molecule has 26 nitrogen and oxygen atoms in total. The molecule has 0 bridgehead atoms. The lowest BCUT2D eigenvalue weighted by molar-refractivity contribution is -0.136. The fourth-order valence-electron chi connectivity index (χ4n) is 7.88. The van der Waals surface area contributed by atoms with Gasteiger partial charge in [-0.1, -0.05) is 44.2 Å². The summed E-state index contributed by atoms with van der Waals surface area (Å²) in [5.41, 5.74) is 29.6. The quantitative estimate of drug-likeness (QED) is 0.0312. The minimum absolute atomic E-state index is 0.00179. The van der Waals surface area contributed by atoms with Gasteiger partial charge in [-0.2, -0.15) is 0 Å². The van der Waals surface area contributed by atoms with Gasteiger partial charge in [-0.3, -0.25) is 47.9 Å². The molecule has 0 aromatic heterocycles. The molecule has 73 heavy (non-hydrogen) atoms. The van der Waals surface area contributed by atoms with Gasteiger partial charge in [-0.25, -0.2) is 0 Å². The van der Waals surface area contributed by atoms with E-state index in [2.05, 4.69) is 53.2 Å². The molecule has 21 N–H and O–H groups in total. The van der Waals surface area contributed by atoms with Crippen molar-refractivity contribution in [2.45, 2.75) is 140 Å². The van der Waals surface area contributed by atoms with Crippen LogP contribution in [-0.2, 0) is 54.4 Å². The zero-order valence-corrected chi connectivity index (χ0v) is 42.5. The van der Waals surface area contributed by atoms with Gasteiger partial charge in [0.25, 0.3) is 0 Å². The number of aliphatic hydroxyl groups excluding tert-OH is 1. The van der Waals surface area contributed by atoms with Crippen LogP contribution in [0.4, 0.5) is 0 Å². The molecule has 2 rings (SSSR count). The molecule has 10 amide bonds. The van der Waals surface area contributed by atoms with Crippen LogP contribution in [0.1, 0.15) is 84.6 Å². The van der Waals surface area contributed by atoms with E-state index < -0.39 is 115 Å². The van der Waals surface area contributed by atoms with E-state index in [4.69, 9.17) is 28.7 Å². The standard InChI is InChI=1S/C47H81N15O11/c1-5-53-47(73)39(27(4)63)62-44(70)34(16-20-51)58-43(69)33(15-19-50)59-45(71)35(21-26(2)3)60-46(72)36(22-28-9-7-6-8-10-28)61-42(68)32(14-18-49)57-38(65)25-55-41(67)31(13-17-48)56-37(64)24-54-40(66)29-11-12-30(52)23-29/h6-10,26-27,29-36,39,63H,5,11-25,48-52H2,1-4H3,(H,53,73)(H,54,66)(H,55,67)(H,56,64)(H,57,65)(H,58,69)(H,59,71)(H,60,72)(H,61,68)(H,62,70)/t27?,29-,30+,31-,32-,33-,34-,35-,36+,39?/m0/s1. The Hall–Kier alpha value is -6.32. The van der Waals surface area contributed by atoms with Gasteiger partial charge in [-0.15, -0.1) is 0 Å². The Morgan fingerprint density at radius 1 is 0.548 bits per heavy atom. The summed E-state index contributed by atoms with van der Waals surface area (Å²) in [6.07, 6.45) is 0.259. The van der Waals surface area contributed by atoms with Crippen LogP contribution in [0.5, 0.6) is 0 Å². The first-order chi connectivity index (χ1) is 34.7. The smallest absolute Gasteiger partial charge is 0.245 e. The SMILES string of the molecule is CCNC(=O)C(NC(=O)[C@H](CCN)NC(=O)[C@H](CCN)NC(=O)[C@H](CC(C)C)NC(=O)[C@@H](Cc1ccccc1)NC(=O)[C@H](CCN)NC(=O)CNC(=O)[C@H](CCN)NC(=O)CNC(=O)[C@H]1CC[C@@H](N)C1)C(C)O. The van der Waals surface area contributed by atoms with Crippen molar-refractivity contribution in [1.29, 1.82) is 0 Å². The minimum Gasteiger partial charge on any atom is -0.391 e. The van der Waals surface area contributed by atoms with Crippen LogP contribution in [0.15, 0.2) is 30.3 Å². The lowest BCUT2D eigenvalue weighted by Gasteiger charge is -2.28. The molecule has 0 aliphatic heterocycles. The van der Waals surface area contributed by atoms with Gasteiger partial charge in [0.05, 0.1) is 19.2 Å². The number of benzene rings is 1. The molecule has 0 radical (unpaired) electrons. The molecular weight excluding hydrogens is 951 g/mol. The highest BCUT2D eigenvalue weighted by atomic mass is 16.3. The second-order valence-electron chi connectivity index (χ2n) is 18.4. The van der Waals surface area contributed by atoms with Gasteiger partial charge in [0.2, 0.25) is 59.1 Å². The number of aliphatic hydroxyl groups is 1. The lowest BCUT2D eigenvalue weighted by Crippen LogP contribution is -2.61. The summed E-state index contributed by atoms with van der Waals surface area (Å²) in [7, 11) is 0. The average molecular weight is 1030 g/mol. The molecule has 0 saturated heterocycles. The molecule has 1 aromatic rings. The van der Waals surface area contributed by atoms with E-state index in [-0.39, 0.29) is 95.0 Å². The van der Waals surface area contributed by atoms with Crippen LogP contribution in [0.3, 0.4) is 0 Å². The summed E-state index contributed by atoms with van der Waals surface area (Å²) in [4.78, 5) is 133. The molecule has 0 heterocycles. The van der Waals surface area contributed by atoms with Crippen LogP contribution < -0.4 is 81.8 Å². The summed E-state index contributed by atoms with van der Waals surface area (Å²) in [6, 6.07) is -0.458. The van der Waals surface area contributed by atoms with Crippen molar-refractivity contribution >= 4 is 59.1 Å². The number of carbonyl (C=O) groups excluding carboxylic acids is 10. The highest BCUT2D eigenvalue weighted by Crippen LogP contribution is 2.24. The third kappa shape index (κ3) is 23.0. The van der Waals surface area contributed by atoms with Crippen LogP contribution in [-0.4, -0.2) is 164 Å². The maximum atomic E-state index is 14.2. The Labute approximate surface area is 426 Å². The van der Waals surface area contributed by atoms with Crippen LogP contribution in [0.2, 0.25) is 0 Å². The highest BCUT2D eigenvalue weighted by Gasteiger charge is 2.35. The zero-order valence-electron chi connectivity index (χ0n) is 42.5. The Morgan fingerprint density at radius 3 is 1.45 bits per heavy atom. The predicted molar refractivity (Wildman–Crippen MR) is 270 cm³/mol. The Bertz CT molecular complexity index is 1980. The topological polar surface area (TPSA) is 441 Å². The molecule has 1 aromatic carbocycles. The molecule has 1 saturated carbocycles. The highest BCUT2D eigenvalue weighted by molar-refractivity contribution is 5.98. The molecule has 2 unspecified atom stereocenters.